The van der Waals surface area contributed by atoms with Crippen LogP contribution in [0.25, 0.3) is 0 Å². The highest BCUT2D eigenvalue weighted by Crippen LogP contribution is 2.33. The molecule has 10 heteroatoms. The maximum absolute atomic E-state index is 11.6. The zero-order valence-corrected chi connectivity index (χ0v) is 14.1. The van der Waals surface area contributed by atoms with Gasteiger partial charge in [-0.25, -0.2) is 9.97 Å². The second-order valence-electron chi connectivity index (χ2n) is 5.60. The fraction of sp³-hybridized carbons (Fsp3) is 0.0588. The number of nitro groups is 2. The Kier molecular flexibility index (Phi) is 4.88. The highest BCUT2D eigenvalue weighted by atomic mass is 16.6. The molecular weight excluding hydrogens is 352 g/mol. The third-order valence-electron chi connectivity index (χ3n) is 3.64. The molecule has 0 amide bonds. The van der Waals surface area contributed by atoms with Crippen LogP contribution < -0.4 is 10.6 Å². The fourth-order valence-electron chi connectivity index (χ4n) is 2.34. The summed E-state index contributed by atoms with van der Waals surface area (Å²) in [4.78, 5) is 29.2. The van der Waals surface area contributed by atoms with E-state index in [1.807, 2.05) is 19.1 Å². The lowest BCUT2D eigenvalue weighted by Crippen LogP contribution is -2.05. The second kappa shape index (κ2) is 7.44. The normalized spacial score (nSPS) is 10.3. The van der Waals surface area contributed by atoms with E-state index in [9.17, 15) is 20.2 Å². The van der Waals surface area contributed by atoms with E-state index in [0.717, 1.165) is 5.56 Å². The van der Waals surface area contributed by atoms with Crippen molar-refractivity contribution < 1.29 is 9.85 Å². The highest BCUT2D eigenvalue weighted by Gasteiger charge is 2.23. The van der Waals surface area contributed by atoms with Crippen LogP contribution in [0.3, 0.4) is 0 Å². The van der Waals surface area contributed by atoms with Crippen molar-refractivity contribution in [2.75, 3.05) is 10.6 Å². The topological polar surface area (TPSA) is 136 Å². The molecule has 0 unspecified atom stereocenters. The summed E-state index contributed by atoms with van der Waals surface area (Å²) in [7, 11) is 0. The number of benzene rings is 2. The summed E-state index contributed by atoms with van der Waals surface area (Å²) in [6.07, 6.45) is 1.17. The average Bonchev–Trinajstić information content (AvgIpc) is 2.64. The predicted molar refractivity (Wildman–Crippen MR) is 99.5 cm³/mol. The molecular formula is C17H14N6O4. The van der Waals surface area contributed by atoms with Crippen LogP contribution in [0.1, 0.15) is 5.56 Å². The van der Waals surface area contributed by atoms with E-state index >= 15 is 0 Å². The number of non-ortho nitro benzene ring substituents is 1. The molecule has 0 aliphatic heterocycles. The third kappa shape index (κ3) is 4.12. The first-order valence-corrected chi connectivity index (χ1v) is 7.78. The number of rotatable bonds is 6. The molecule has 1 aromatic heterocycles. The Morgan fingerprint density at radius 2 is 1.48 bits per heavy atom. The smallest absolute Gasteiger partial charge is 0.334 e. The molecule has 10 nitrogen and oxygen atoms in total. The molecule has 0 atom stereocenters. The Hall–Kier alpha value is -4.08. The molecule has 0 spiro atoms. The lowest BCUT2D eigenvalue weighted by atomic mass is 10.2. The molecule has 3 aromatic rings. The van der Waals surface area contributed by atoms with Gasteiger partial charge in [-0.3, -0.25) is 20.2 Å². The monoisotopic (exact) mass is 366 g/mol. The van der Waals surface area contributed by atoms with Gasteiger partial charge in [-0.1, -0.05) is 23.8 Å². The molecule has 2 aromatic carbocycles. The molecule has 2 N–H and O–H groups in total. The molecule has 3 rings (SSSR count). The minimum Gasteiger partial charge on any atom is -0.334 e. The third-order valence-corrected chi connectivity index (χ3v) is 3.64. The molecule has 0 saturated heterocycles. The highest BCUT2D eigenvalue weighted by molar-refractivity contribution is 5.77. The Labute approximate surface area is 153 Å². The molecule has 0 saturated carbocycles. The zero-order valence-electron chi connectivity index (χ0n) is 14.1. The van der Waals surface area contributed by atoms with Crippen LogP contribution in [0.2, 0.25) is 0 Å². The summed E-state index contributed by atoms with van der Waals surface area (Å²) in [6.45, 7) is 1.93. The van der Waals surface area contributed by atoms with Crippen LogP contribution in [0, 0.1) is 27.2 Å². The van der Waals surface area contributed by atoms with E-state index < -0.39 is 9.85 Å². The molecule has 0 fully saturated rings. The number of hydrogen-bond donors (Lipinski definition) is 2. The van der Waals surface area contributed by atoms with Gasteiger partial charge in [0, 0.05) is 23.5 Å². The van der Waals surface area contributed by atoms with E-state index in [0.29, 0.717) is 11.4 Å². The molecule has 27 heavy (non-hydrogen) atoms. The van der Waals surface area contributed by atoms with Crippen LogP contribution in [-0.4, -0.2) is 19.8 Å². The summed E-state index contributed by atoms with van der Waals surface area (Å²) in [5.74, 6) is -0.0723. The quantitative estimate of drug-likeness (QED) is 0.492. The second-order valence-corrected chi connectivity index (χ2v) is 5.60. The van der Waals surface area contributed by atoms with E-state index in [2.05, 4.69) is 20.6 Å². The Bertz CT molecular complexity index is 1010. The van der Waals surface area contributed by atoms with Crippen LogP contribution in [0.15, 0.2) is 54.9 Å². The Balaban J connectivity index is 1.96. The van der Waals surface area contributed by atoms with Gasteiger partial charge in [0.05, 0.1) is 9.85 Å². The van der Waals surface area contributed by atoms with Crippen molar-refractivity contribution in [3.8, 4) is 0 Å². The number of nitrogens with one attached hydrogen (secondary N) is 2. The summed E-state index contributed by atoms with van der Waals surface area (Å²) in [5.41, 5.74) is 1.46. The van der Waals surface area contributed by atoms with Crippen molar-refractivity contribution in [1.82, 2.24) is 9.97 Å². The summed E-state index contributed by atoms with van der Waals surface area (Å²) >= 11 is 0. The van der Waals surface area contributed by atoms with Gasteiger partial charge in [0.2, 0.25) is 11.6 Å². The number of aromatic nitrogens is 2. The van der Waals surface area contributed by atoms with E-state index in [1.54, 1.807) is 18.2 Å². The molecule has 136 valence electrons. The van der Waals surface area contributed by atoms with Gasteiger partial charge in [0.15, 0.2) is 0 Å². The molecule has 1 heterocycles. The van der Waals surface area contributed by atoms with Crippen molar-refractivity contribution in [3.05, 3.63) is 80.7 Å². The van der Waals surface area contributed by atoms with Gasteiger partial charge in [-0.2, -0.15) is 0 Å². The van der Waals surface area contributed by atoms with Crippen molar-refractivity contribution in [1.29, 1.82) is 0 Å². The standard InChI is InChI=1S/C17H14N6O4/c1-11-5-7-12(8-6-11)20-16-15(23(26)27)17(19-10-18-16)21-13-3-2-4-14(9-13)22(24)25/h2-10H,1H3,(H2,18,19,20,21). The SMILES string of the molecule is Cc1ccc(Nc2ncnc(Nc3cccc([N+](=O)[O-])c3)c2[N+](=O)[O-])cc1. The molecule has 0 aliphatic rings. The van der Waals surface area contributed by atoms with Gasteiger partial charge in [0.1, 0.15) is 6.33 Å². The Morgan fingerprint density at radius 3 is 2.07 bits per heavy atom. The van der Waals surface area contributed by atoms with Gasteiger partial charge in [0.25, 0.3) is 5.69 Å². The van der Waals surface area contributed by atoms with Crippen LogP contribution in [-0.2, 0) is 0 Å². The Morgan fingerprint density at radius 1 is 0.852 bits per heavy atom. The minimum absolute atomic E-state index is 0.00628. The number of nitro benzene ring substituents is 1. The van der Waals surface area contributed by atoms with Gasteiger partial charge in [-0.15, -0.1) is 0 Å². The van der Waals surface area contributed by atoms with E-state index in [1.165, 1.54) is 24.5 Å². The van der Waals surface area contributed by atoms with Crippen LogP contribution in [0.5, 0.6) is 0 Å². The molecule has 0 bridgehead atoms. The van der Waals surface area contributed by atoms with Crippen LogP contribution >= 0.6 is 0 Å². The number of anilines is 4. The number of hydrogen-bond acceptors (Lipinski definition) is 8. The predicted octanol–water partition coefficient (Wildman–Crippen LogP) is 4.09. The van der Waals surface area contributed by atoms with Crippen molar-refractivity contribution >= 4 is 34.4 Å². The first-order valence-electron chi connectivity index (χ1n) is 7.78. The number of aryl methyl sites for hydroxylation is 1. The molecule has 0 aliphatic carbocycles. The van der Waals surface area contributed by atoms with E-state index in [4.69, 9.17) is 0 Å². The van der Waals surface area contributed by atoms with Crippen LogP contribution in [0.4, 0.5) is 34.4 Å². The maximum atomic E-state index is 11.6. The van der Waals surface area contributed by atoms with Gasteiger partial charge in [-0.05, 0) is 25.1 Å². The average molecular weight is 366 g/mol. The molecule has 0 radical (unpaired) electrons. The van der Waals surface area contributed by atoms with Crippen molar-refractivity contribution in [2.24, 2.45) is 0 Å². The summed E-state index contributed by atoms with van der Waals surface area (Å²) in [5, 5.41) is 28.1. The lowest BCUT2D eigenvalue weighted by Gasteiger charge is -2.10. The summed E-state index contributed by atoms with van der Waals surface area (Å²) in [6, 6.07) is 12.9. The summed E-state index contributed by atoms with van der Waals surface area (Å²) < 4.78 is 0. The largest absolute Gasteiger partial charge is 0.353 e. The van der Waals surface area contributed by atoms with E-state index in [-0.39, 0.29) is 23.0 Å². The minimum atomic E-state index is -0.615. The fourth-order valence-corrected chi connectivity index (χ4v) is 2.34. The van der Waals surface area contributed by atoms with Crippen molar-refractivity contribution in [3.63, 3.8) is 0 Å². The first-order chi connectivity index (χ1) is 12.9. The number of nitrogens with zero attached hydrogens (tertiary/aromatic N) is 4. The zero-order chi connectivity index (χ0) is 19.4. The van der Waals surface area contributed by atoms with Crippen molar-refractivity contribution in [2.45, 2.75) is 6.92 Å². The van der Waals surface area contributed by atoms with Gasteiger partial charge >= 0.3 is 5.69 Å². The van der Waals surface area contributed by atoms with Gasteiger partial charge < -0.3 is 10.6 Å². The lowest BCUT2D eigenvalue weighted by molar-refractivity contribution is -0.384. The first kappa shape index (κ1) is 17.7. The maximum Gasteiger partial charge on any atom is 0.353 e.